The quantitative estimate of drug-likeness (QED) is 0.872. The molecule has 2 N–H and O–H groups in total. The van der Waals surface area contributed by atoms with Gasteiger partial charge in [0, 0.05) is 18.3 Å². The second kappa shape index (κ2) is 6.00. The third-order valence-corrected chi connectivity index (χ3v) is 3.94. The molecule has 3 nitrogen and oxygen atoms in total. The number of amides is 1. The third kappa shape index (κ3) is 3.24. The van der Waals surface area contributed by atoms with Crippen molar-refractivity contribution in [2.45, 2.75) is 26.8 Å². The minimum absolute atomic E-state index is 0.0144. The zero-order valence-electron chi connectivity index (χ0n) is 13.1. The van der Waals surface area contributed by atoms with E-state index in [4.69, 9.17) is 5.73 Å². The van der Waals surface area contributed by atoms with Gasteiger partial charge in [0.1, 0.15) is 0 Å². The first-order valence-electron chi connectivity index (χ1n) is 7.10. The smallest absolute Gasteiger partial charge is 0.254 e. The molecule has 1 amide bonds. The van der Waals surface area contributed by atoms with E-state index in [-0.39, 0.29) is 11.9 Å². The van der Waals surface area contributed by atoms with Crippen LogP contribution in [-0.2, 0) is 0 Å². The van der Waals surface area contributed by atoms with E-state index in [1.165, 1.54) is 5.56 Å². The molecule has 0 bridgehead atoms. The van der Waals surface area contributed by atoms with Gasteiger partial charge in [0.05, 0.1) is 6.04 Å². The summed E-state index contributed by atoms with van der Waals surface area (Å²) in [6.07, 6.45) is 0. The van der Waals surface area contributed by atoms with Crippen LogP contribution in [0.15, 0.2) is 42.5 Å². The Kier molecular flexibility index (Phi) is 4.32. The first-order chi connectivity index (χ1) is 9.90. The minimum Gasteiger partial charge on any atom is -0.399 e. The number of nitrogen functional groups attached to an aromatic ring is 1. The maximum absolute atomic E-state index is 12.6. The first-order valence-corrected chi connectivity index (χ1v) is 7.10. The van der Waals surface area contributed by atoms with Crippen LogP contribution in [0.1, 0.15) is 40.0 Å². The summed E-state index contributed by atoms with van der Waals surface area (Å²) in [4.78, 5) is 14.4. The van der Waals surface area contributed by atoms with Crippen LogP contribution >= 0.6 is 0 Å². The Morgan fingerprint density at radius 2 is 1.71 bits per heavy atom. The second-order valence-electron chi connectivity index (χ2n) is 5.58. The van der Waals surface area contributed by atoms with E-state index < -0.39 is 0 Å². The molecule has 0 fully saturated rings. The average Bonchev–Trinajstić information content (AvgIpc) is 2.46. The fourth-order valence-corrected chi connectivity index (χ4v) is 2.36. The molecule has 0 aliphatic heterocycles. The highest BCUT2D eigenvalue weighted by atomic mass is 16.2. The number of hydrogen-bond acceptors (Lipinski definition) is 2. The van der Waals surface area contributed by atoms with Gasteiger partial charge in [-0.3, -0.25) is 4.79 Å². The Morgan fingerprint density at radius 3 is 2.29 bits per heavy atom. The largest absolute Gasteiger partial charge is 0.399 e. The van der Waals surface area contributed by atoms with Gasteiger partial charge in [0.2, 0.25) is 0 Å². The number of rotatable bonds is 3. The van der Waals surface area contributed by atoms with Gasteiger partial charge in [0.25, 0.3) is 5.91 Å². The Hall–Kier alpha value is -2.29. The fourth-order valence-electron chi connectivity index (χ4n) is 2.36. The first kappa shape index (κ1) is 15.1. The zero-order chi connectivity index (χ0) is 15.6. The van der Waals surface area contributed by atoms with Crippen molar-refractivity contribution in [3.05, 3.63) is 64.7 Å². The Labute approximate surface area is 126 Å². The summed E-state index contributed by atoms with van der Waals surface area (Å²) in [5.74, 6) is 0.0144. The molecule has 2 aromatic rings. The van der Waals surface area contributed by atoms with Gasteiger partial charge < -0.3 is 10.6 Å². The lowest BCUT2D eigenvalue weighted by molar-refractivity contribution is 0.0742. The molecule has 0 radical (unpaired) electrons. The van der Waals surface area contributed by atoms with E-state index in [1.54, 1.807) is 17.0 Å². The maximum atomic E-state index is 12.6. The highest BCUT2D eigenvalue weighted by Crippen LogP contribution is 2.23. The minimum atomic E-state index is 0.0144. The number of nitrogens with two attached hydrogens (primary N) is 1. The number of carbonyl (C=O) groups excluding carboxylic acids is 1. The molecule has 1 atom stereocenters. The number of anilines is 1. The molecule has 3 heteroatoms. The summed E-state index contributed by atoms with van der Waals surface area (Å²) in [5.41, 5.74) is 10.4. The molecule has 21 heavy (non-hydrogen) atoms. The van der Waals surface area contributed by atoms with Gasteiger partial charge in [-0.05, 0) is 50.1 Å². The van der Waals surface area contributed by atoms with Crippen molar-refractivity contribution in [2.75, 3.05) is 12.8 Å². The van der Waals surface area contributed by atoms with E-state index in [2.05, 4.69) is 31.2 Å². The number of carbonyl (C=O) groups is 1. The molecule has 0 aromatic heterocycles. The molecule has 0 saturated heterocycles. The van der Waals surface area contributed by atoms with Crippen LogP contribution in [0.25, 0.3) is 0 Å². The third-order valence-electron chi connectivity index (χ3n) is 3.94. The molecule has 0 heterocycles. The maximum Gasteiger partial charge on any atom is 0.254 e. The van der Waals surface area contributed by atoms with E-state index in [0.29, 0.717) is 11.3 Å². The number of hydrogen-bond donors (Lipinski definition) is 1. The van der Waals surface area contributed by atoms with Crippen LogP contribution in [0, 0.1) is 13.8 Å². The molecule has 110 valence electrons. The molecule has 1 unspecified atom stereocenters. The number of aryl methyl sites for hydroxylation is 2. The summed E-state index contributed by atoms with van der Waals surface area (Å²) < 4.78 is 0. The molecule has 0 spiro atoms. The predicted molar refractivity (Wildman–Crippen MR) is 87.3 cm³/mol. The van der Waals surface area contributed by atoms with Crippen molar-refractivity contribution in [1.29, 1.82) is 0 Å². The van der Waals surface area contributed by atoms with Crippen LogP contribution in [0.2, 0.25) is 0 Å². The SMILES string of the molecule is Cc1ccc(C(C)N(C)C(=O)c2ccc(N)cc2C)cc1. The molecular weight excluding hydrogens is 260 g/mol. The predicted octanol–water partition coefficient (Wildman–Crippen LogP) is 3.72. The van der Waals surface area contributed by atoms with Crippen molar-refractivity contribution in [2.24, 2.45) is 0 Å². The highest BCUT2D eigenvalue weighted by Gasteiger charge is 2.20. The monoisotopic (exact) mass is 282 g/mol. The van der Waals surface area contributed by atoms with Gasteiger partial charge in [-0.1, -0.05) is 29.8 Å². The van der Waals surface area contributed by atoms with E-state index in [0.717, 1.165) is 11.1 Å². The average molecular weight is 282 g/mol. The van der Waals surface area contributed by atoms with Gasteiger partial charge in [0.15, 0.2) is 0 Å². The Morgan fingerprint density at radius 1 is 1.10 bits per heavy atom. The van der Waals surface area contributed by atoms with E-state index >= 15 is 0 Å². The van der Waals surface area contributed by atoms with Crippen molar-refractivity contribution < 1.29 is 4.79 Å². The molecule has 0 aliphatic carbocycles. The number of nitrogens with zero attached hydrogens (tertiary/aromatic N) is 1. The van der Waals surface area contributed by atoms with Crippen molar-refractivity contribution >= 4 is 11.6 Å². The van der Waals surface area contributed by atoms with Gasteiger partial charge in [-0.2, -0.15) is 0 Å². The van der Waals surface area contributed by atoms with Gasteiger partial charge in [-0.15, -0.1) is 0 Å². The summed E-state index contributed by atoms with van der Waals surface area (Å²) in [6, 6.07) is 13.7. The molecule has 0 aliphatic rings. The summed E-state index contributed by atoms with van der Waals surface area (Å²) >= 11 is 0. The zero-order valence-corrected chi connectivity index (χ0v) is 13.1. The topological polar surface area (TPSA) is 46.3 Å². The van der Waals surface area contributed by atoms with Crippen LogP contribution < -0.4 is 5.73 Å². The second-order valence-corrected chi connectivity index (χ2v) is 5.58. The fraction of sp³-hybridized carbons (Fsp3) is 0.278. The van der Waals surface area contributed by atoms with Crippen LogP contribution in [-0.4, -0.2) is 17.9 Å². The van der Waals surface area contributed by atoms with Gasteiger partial charge in [-0.25, -0.2) is 0 Å². The summed E-state index contributed by atoms with van der Waals surface area (Å²) in [5, 5.41) is 0. The molecule has 2 aromatic carbocycles. The van der Waals surface area contributed by atoms with Crippen molar-refractivity contribution in [3.8, 4) is 0 Å². The lowest BCUT2D eigenvalue weighted by atomic mass is 10.0. The number of benzene rings is 2. The van der Waals surface area contributed by atoms with Crippen molar-refractivity contribution in [1.82, 2.24) is 4.90 Å². The van der Waals surface area contributed by atoms with E-state index in [9.17, 15) is 4.79 Å². The van der Waals surface area contributed by atoms with Crippen LogP contribution in [0.4, 0.5) is 5.69 Å². The summed E-state index contributed by atoms with van der Waals surface area (Å²) in [7, 11) is 1.84. The molecule has 0 saturated carbocycles. The van der Waals surface area contributed by atoms with Crippen LogP contribution in [0.3, 0.4) is 0 Å². The van der Waals surface area contributed by atoms with E-state index in [1.807, 2.05) is 27.0 Å². The highest BCUT2D eigenvalue weighted by molar-refractivity contribution is 5.96. The Bertz CT molecular complexity index is 647. The normalized spacial score (nSPS) is 12.0. The van der Waals surface area contributed by atoms with Crippen molar-refractivity contribution in [3.63, 3.8) is 0 Å². The van der Waals surface area contributed by atoms with Crippen LogP contribution in [0.5, 0.6) is 0 Å². The molecular formula is C18H22N2O. The van der Waals surface area contributed by atoms with Gasteiger partial charge >= 0.3 is 0 Å². The lowest BCUT2D eigenvalue weighted by Gasteiger charge is -2.26. The lowest BCUT2D eigenvalue weighted by Crippen LogP contribution is -2.30. The summed E-state index contributed by atoms with van der Waals surface area (Å²) in [6.45, 7) is 6.00. The standard InChI is InChI=1S/C18H22N2O/c1-12-5-7-15(8-6-12)14(3)20(4)18(21)17-10-9-16(19)11-13(17)2/h5-11,14H,19H2,1-4H3. The molecule has 2 rings (SSSR count). The Balaban J connectivity index is 2.24.